The summed E-state index contributed by atoms with van der Waals surface area (Å²) in [6.45, 7) is 0. The number of nitrogens with one attached hydrogen (secondary N) is 2. The molecule has 1 aliphatic carbocycles. The van der Waals surface area contributed by atoms with Crippen molar-refractivity contribution in [3.8, 4) is 0 Å². The Bertz CT molecular complexity index is 688. The van der Waals surface area contributed by atoms with Crippen LogP contribution < -0.4 is 10.6 Å². The van der Waals surface area contributed by atoms with Gasteiger partial charge in [0.1, 0.15) is 5.82 Å². The summed E-state index contributed by atoms with van der Waals surface area (Å²) < 4.78 is 14.2. The third-order valence-electron chi connectivity index (χ3n) is 3.81. The highest BCUT2D eigenvalue weighted by Crippen LogP contribution is 2.28. The molecule has 24 heavy (non-hydrogen) atoms. The number of anilines is 2. The van der Waals surface area contributed by atoms with Gasteiger partial charge in [-0.1, -0.05) is 54.5 Å². The molecule has 128 valence electrons. The van der Waals surface area contributed by atoms with Gasteiger partial charge >= 0.3 is 0 Å². The number of hydrogen-bond donors (Lipinski definition) is 2. The summed E-state index contributed by atoms with van der Waals surface area (Å²) in [5, 5.41) is 15.0. The second kappa shape index (κ2) is 8.43. The number of amides is 1. The van der Waals surface area contributed by atoms with E-state index in [1.165, 1.54) is 67.3 Å². The SMILES string of the molecule is O=C(CSc1nnc(NC2CCCCC2)s1)Nc1ccccc1F. The van der Waals surface area contributed by atoms with E-state index in [0.717, 1.165) is 9.47 Å². The first-order valence-electron chi connectivity index (χ1n) is 7.98. The fourth-order valence-corrected chi connectivity index (χ4v) is 4.25. The van der Waals surface area contributed by atoms with Crippen molar-refractivity contribution < 1.29 is 9.18 Å². The Balaban J connectivity index is 1.46. The molecule has 1 saturated carbocycles. The lowest BCUT2D eigenvalue weighted by Gasteiger charge is -2.21. The Morgan fingerprint density at radius 3 is 2.83 bits per heavy atom. The quantitative estimate of drug-likeness (QED) is 0.752. The lowest BCUT2D eigenvalue weighted by atomic mass is 9.96. The van der Waals surface area contributed by atoms with E-state index >= 15 is 0 Å². The Morgan fingerprint density at radius 1 is 1.25 bits per heavy atom. The zero-order valence-electron chi connectivity index (χ0n) is 13.1. The van der Waals surface area contributed by atoms with E-state index < -0.39 is 5.82 Å². The molecular formula is C16H19FN4OS2. The highest BCUT2D eigenvalue weighted by Gasteiger charge is 2.15. The number of aromatic nitrogens is 2. The number of rotatable bonds is 6. The van der Waals surface area contributed by atoms with E-state index in [1.54, 1.807) is 12.1 Å². The Kier molecular flexibility index (Phi) is 6.03. The zero-order chi connectivity index (χ0) is 16.8. The van der Waals surface area contributed by atoms with Gasteiger partial charge in [0.2, 0.25) is 11.0 Å². The fourth-order valence-electron chi connectivity index (χ4n) is 2.62. The molecule has 0 unspecified atom stereocenters. The van der Waals surface area contributed by atoms with E-state index in [1.807, 2.05) is 0 Å². The standard InChI is InChI=1S/C16H19FN4OS2/c17-12-8-4-5-9-13(12)19-14(22)10-23-16-21-20-15(24-16)18-11-6-2-1-3-7-11/h4-5,8-9,11H,1-3,6-7,10H2,(H,18,20)(H,19,22). The van der Waals surface area contributed by atoms with Crippen molar-refractivity contribution in [2.24, 2.45) is 0 Å². The maximum absolute atomic E-state index is 13.5. The summed E-state index contributed by atoms with van der Waals surface area (Å²) in [6.07, 6.45) is 6.18. The lowest BCUT2D eigenvalue weighted by Crippen LogP contribution is -2.21. The van der Waals surface area contributed by atoms with E-state index in [9.17, 15) is 9.18 Å². The molecule has 5 nitrogen and oxygen atoms in total. The van der Waals surface area contributed by atoms with Gasteiger partial charge in [-0.2, -0.15) is 0 Å². The third-order valence-corrected chi connectivity index (χ3v) is 5.80. The molecule has 8 heteroatoms. The summed E-state index contributed by atoms with van der Waals surface area (Å²) in [4.78, 5) is 11.9. The monoisotopic (exact) mass is 366 g/mol. The first kappa shape index (κ1) is 17.2. The number of halogens is 1. The van der Waals surface area contributed by atoms with E-state index in [2.05, 4.69) is 20.8 Å². The van der Waals surface area contributed by atoms with Crippen LogP contribution >= 0.6 is 23.1 Å². The molecule has 2 N–H and O–H groups in total. The molecule has 2 aromatic rings. The van der Waals surface area contributed by atoms with Crippen LogP contribution in [0, 0.1) is 5.82 Å². The molecule has 1 heterocycles. The normalized spacial score (nSPS) is 15.2. The summed E-state index contributed by atoms with van der Waals surface area (Å²) >= 11 is 2.76. The first-order valence-corrected chi connectivity index (χ1v) is 9.78. The molecule has 3 rings (SSSR count). The smallest absolute Gasteiger partial charge is 0.234 e. The lowest BCUT2D eigenvalue weighted by molar-refractivity contribution is -0.113. The van der Waals surface area contributed by atoms with Crippen LogP contribution in [0.4, 0.5) is 15.2 Å². The maximum Gasteiger partial charge on any atom is 0.234 e. The van der Waals surface area contributed by atoms with Gasteiger partial charge in [0.05, 0.1) is 11.4 Å². The van der Waals surface area contributed by atoms with Crippen LogP contribution in [0.15, 0.2) is 28.6 Å². The van der Waals surface area contributed by atoms with Crippen LogP contribution in [0.1, 0.15) is 32.1 Å². The number of hydrogen-bond acceptors (Lipinski definition) is 6. The average molecular weight is 366 g/mol. The molecule has 1 amide bonds. The van der Waals surface area contributed by atoms with Gasteiger partial charge in [0, 0.05) is 6.04 Å². The van der Waals surface area contributed by atoms with Crippen molar-refractivity contribution >= 4 is 39.8 Å². The molecule has 1 fully saturated rings. The average Bonchev–Trinajstić information content (AvgIpc) is 3.03. The van der Waals surface area contributed by atoms with Gasteiger partial charge in [-0.15, -0.1) is 10.2 Å². The predicted octanol–water partition coefficient (Wildman–Crippen LogP) is 4.15. The summed E-state index contributed by atoms with van der Waals surface area (Å²) in [5.74, 6) is -0.528. The highest BCUT2D eigenvalue weighted by molar-refractivity contribution is 8.01. The van der Waals surface area contributed by atoms with E-state index in [4.69, 9.17) is 0 Å². The fraction of sp³-hybridized carbons (Fsp3) is 0.438. The van der Waals surface area contributed by atoms with E-state index in [-0.39, 0.29) is 17.3 Å². The number of carbonyl (C=O) groups excluding carboxylic acids is 1. The van der Waals surface area contributed by atoms with Crippen LogP contribution in [0.25, 0.3) is 0 Å². The molecule has 0 aliphatic heterocycles. The Morgan fingerprint density at radius 2 is 2.04 bits per heavy atom. The molecule has 0 radical (unpaired) electrons. The summed E-state index contributed by atoms with van der Waals surface area (Å²) in [5.41, 5.74) is 0.194. The zero-order valence-corrected chi connectivity index (χ0v) is 14.8. The number of para-hydroxylation sites is 1. The second-order valence-corrected chi connectivity index (χ2v) is 7.87. The predicted molar refractivity (Wildman–Crippen MR) is 96.2 cm³/mol. The maximum atomic E-state index is 13.5. The molecule has 0 spiro atoms. The topological polar surface area (TPSA) is 66.9 Å². The van der Waals surface area contributed by atoms with Crippen molar-refractivity contribution in [2.45, 2.75) is 42.5 Å². The van der Waals surface area contributed by atoms with Crippen molar-refractivity contribution in [2.75, 3.05) is 16.4 Å². The van der Waals surface area contributed by atoms with Crippen molar-refractivity contribution in [1.29, 1.82) is 0 Å². The number of benzene rings is 1. The van der Waals surface area contributed by atoms with Gasteiger partial charge in [-0.3, -0.25) is 4.79 Å². The van der Waals surface area contributed by atoms with Crippen molar-refractivity contribution in [3.05, 3.63) is 30.1 Å². The Labute approximate surface area is 148 Å². The van der Waals surface area contributed by atoms with Crippen LogP contribution in [0.5, 0.6) is 0 Å². The molecule has 0 atom stereocenters. The van der Waals surface area contributed by atoms with Crippen LogP contribution in [0.2, 0.25) is 0 Å². The van der Waals surface area contributed by atoms with Crippen molar-refractivity contribution in [1.82, 2.24) is 10.2 Å². The minimum atomic E-state index is -0.439. The molecule has 1 aromatic heterocycles. The largest absolute Gasteiger partial charge is 0.357 e. The summed E-state index contributed by atoms with van der Waals surface area (Å²) in [6, 6.07) is 6.60. The minimum Gasteiger partial charge on any atom is -0.357 e. The number of carbonyl (C=O) groups is 1. The highest BCUT2D eigenvalue weighted by atomic mass is 32.2. The van der Waals surface area contributed by atoms with Gasteiger partial charge in [-0.25, -0.2) is 4.39 Å². The van der Waals surface area contributed by atoms with Gasteiger partial charge in [0.25, 0.3) is 0 Å². The molecule has 0 bridgehead atoms. The van der Waals surface area contributed by atoms with Crippen LogP contribution in [-0.2, 0) is 4.79 Å². The number of nitrogens with zero attached hydrogens (tertiary/aromatic N) is 2. The number of thioether (sulfide) groups is 1. The third kappa shape index (κ3) is 4.91. The van der Waals surface area contributed by atoms with Crippen LogP contribution in [0.3, 0.4) is 0 Å². The molecule has 0 saturated heterocycles. The molecule has 1 aliphatic rings. The van der Waals surface area contributed by atoms with Gasteiger partial charge in [0.15, 0.2) is 4.34 Å². The molecule has 1 aromatic carbocycles. The van der Waals surface area contributed by atoms with Gasteiger partial charge in [-0.05, 0) is 25.0 Å². The van der Waals surface area contributed by atoms with E-state index in [0.29, 0.717) is 6.04 Å². The summed E-state index contributed by atoms with van der Waals surface area (Å²) in [7, 11) is 0. The second-order valence-electron chi connectivity index (χ2n) is 5.67. The first-order chi connectivity index (χ1) is 11.7. The minimum absolute atomic E-state index is 0.173. The molecular weight excluding hydrogens is 347 g/mol. The van der Waals surface area contributed by atoms with Crippen LogP contribution in [-0.4, -0.2) is 27.9 Å². The Hall–Kier alpha value is -1.67. The van der Waals surface area contributed by atoms with Gasteiger partial charge < -0.3 is 10.6 Å². The van der Waals surface area contributed by atoms with Crippen molar-refractivity contribution in [3.63, 3.8) is 0 Å².